The van der Waals surface area contributed by atoms with Gasteiger partial charge >= 0.3 is 0 Å². The maximum atomic E-state index is 13.0. The van der Waals surface area contributed by atoms with Gasteiger partial charge < -0.3 is 9.80 Å². The summed E-state index contributed by atoms with van der Waals surface area (Å²) >= 11 is 0. The minimum Gasteiger partial charge on any atom is -0.339 e. The fourth-order valence-corrected chi connectivity index (χ4v) is 3.97. The largest absolute Gasteiger partial charge is 0.339 e. The molecule has 1 aliphatic rings. The van der Waals surface area contributed by atoms with Crippen LogP contribution in [0.5, 0.6) is 0 Å². The van der Waals surface area contributed by atoms with Crippen LogP contribution in [0, 0.1) is 6.92 Å². The quantitative estimate of drug-likeness (QED) is 0.757. The van der Waals surface area contributed by atoms with Gasteiger partial charge in [-0.2, -0.15) is 0 Å². The highest BCUT2D eigenvalue weighted by molar-refractivity contribution is 5.98. The molecule has 2 aromatic carbocycles. The lowest BCUT2D eigenvalue weighted by atomic mass is 10.0. The summed E-state index contributed by atoms with van der Waals surface area (Å²) < 4.78 is 0. The van der Waals surface area contributed by atoms with Crippen LogP contribution >= 0.6 is 0 Å². The van der Waals surface area contributed by atoms with Gasteiger partial charge in [0, 0.05) is 39.6 Å². The molecular formula is C24H31N3O2. The number of hydrogen-bond acceptors (Lipinski definition) is 3. The first-order valence-electron chi connectivity index (χ1n) is 10.4. The standard InChI is InChI=1S/C24H31N3O2/c1-4-22-12-8-9-19(2)24(22)27(20(3)28)18-23(29)26-15-13-25(14-16-26)17-21-10-6-5-7-11-21/h5-12H,4,13-18H2,1-3H3. The Morgan fingerprint density at radius 2 is 1.66 bits per heavy atom. The maximum Gasteiger partial charge on any atom is 0.242 e. The van der Waals surface area contributed by atoms with Crippen molar-refractivity contribution >= 4 is 17.5 Å². The van der Waals surface area contributed by atoms with Gasteiger partial charge in [0.2, 0.25) is 11.8 Å². The number of carbonyl (C=O) groups is 2. The van der Waals surface area contributed by atoms with Gasteiger partial charge in [-0.3, -0.25) is 14.5 Å². The van der Waals surface area contributed by atoms with E-state index in [0.717, 1.165) is 42.9 Å². The number of amides is 2. The fourth-order valence-electron chi connectivity index (χ4n) is 3.97. The zero-order chi connectivity index (χ0) is 20.8. The average Bonchev–Trinajstić information content (AvgIpc) is 2.73. The number of aryl methyl sites for hydroxylation is 2. The first kappa shape index (κ1) is 21.1. The topological polar surface area (TPSA) is 43.9 Å². The van der Waals surface area contributed by atoms with Gasteiger partial charge in [0.1, 0.15) is 6.54 Å². The number of piperazine rings is 1. The predicted octanol–water partition coefficient (Wildman–Crippen LogP) is 3.25. The molecule has 5 heteroatoms. The Kier molecular flexibility index (Phi) is 7.04. The lowest BCUT2D eigenvalue weighted by Crippen LogP contribution is -2.51. The van der Waals surface area contributed by atoms with Gasteiger partial charge in [0.05, 0.1) is 5.69 Å². The van der Waals surface area contributed by atoms with Crippen LogP contribution in [0.2, 0.25) is 0 Å². The van der Waals surface area contributed by atoms with Crippen molar-refractivity contribution in [3.05, 3.63) is 65.2 Å². The molecule has 0 aliphatic carbocycles. The maximum absolute atomic E-state index is 13.0. The Labute approximate surface area is 173 Å². The molecule has 0 saturated carbocycles. The molecule has 154 valence electrons. The Morgan fingerprint density at radius 3 is 2.28 bits per heavy atom. The summed E-state index contributed by atoms with van der Waals surface area (Å²) in [7, 11) is 0. The third-order valence-electron chi connectivity index (χ3n) is 5.62. The van der Waals surface area contributed by atoms with Gasteiger partial charge in [-0.1, -0.05) is 55.5 Å². The van der Waals surface area contributed by atoms with Crippen molar-refractivity contribution in [1.29, 1.82) is 0 Å². The van der Waals surface area contributed by atoms with E-state index in [2.05, 4.69) is 36.1 Å². The van der Waals surface area contributed by atoms with Crippen molar-refractivity contribution in [2.75, 3.05) is 37.6 Å². The summed E-state index contributed by atoms with van der Waals surface area (Å²) in [6.07, 6.45) is 0.827. The molecule has 1 aliphatic heterocycles. The third kappa shape index (κ3) is 5.24. The van der Waals surface area contributed by atoms with Gasteiger partial charge in [0.25, 0.3) is 0 Å². The van der Waals surface area contributed by atoms with Crippen LogP contribution in [-0.4, -0.2) is 54.3 Å². The number of nitrogens with zero attached hydrogens (tertiary/aromatic N) is 3. The molecular weight excluding hydrogens is 362 g/mol. The Bertz CT molecular complexity index is 842. The van der Waals surface area contributed by atoms with Gasteiger partial charge in [-0.25, -0.2) is 0 Å². The molecule has 1 saturated heterocycles. The zero-order valence-electron chi connectivity index (χ0n) is 17.7. The molecule has 5 nitrogen and oxygen atoms in total. The highest BCUT2D eigenvalue weighted by Gasteiger charge is 2.26. The monoisotopic (exact) mass is 393 g/mol. The second-order valence-electron chi connectivity index (χ2n) is 7.68. The lowest BCUT2D eigenvalue weighted by molar-refractivity contribution is -0.132. The second-order valence-corrected chi connectivity index (χ2v) is 7.68. The number of benzene rings is 2. The minimum absolute atomic E-state index is 0.0184. The summed E-state index contributed by atoms with van der Waals surface area (Å²) in [5, 5.41) is 0. The normalized spacial score (nSPS) is 14.7. The van der Waals surface area contributed by atoms with Crippen LogP contribution in [0.25, 0.3) is 0 Å². The Balaban J connectivity index is 1.63. The van der Waals surface area contributed by atoms with E-state index in [1.54, 1.807) is 4.90 Å². The molecule has 2 amide bonds. The van der Waals surface area contributed by atoms with Crippen LogP contribution in [-0.2, 0) is 22.6 Å². The molecule has 2 aromatic rings. The van der Waals surface area contributed by atoms with Crippen LogP contribution < -0.4 is 4.90 Å². The van der Waals surface area contributed by atoms with Gasteiger partial charge in [0.15, 0.2) is 0 Å². The number of rotatable bonds is 6. The molecule has 1 fully saturated rings. The summed E-state index contributed by atoms with van der Waals surface area (Å²) in [5.74, 6) is -0.0741. The third-order valence-corrected chi connectivity index (χ3v) is 5.62. The van der Waals surface area contributed by atoms with Crippen molar-refractivity contribution < 1.29 is 9.59 Å². The minimum atomic E-state index is -0.0925. The van der Waals surface area contributed by atoms with Crippen LogP contribution in [0.1, 0.15) is 30.5 Å². The molecule has 0 bridgehead atoms. The van der Waals surface area contributed by atoms with Crippen molar-refractivity contribution in [2.45, 2.75) is 33.7 Å². The molecule has 3 rings (SSSR count). The van der Waals surface area contributed by atoms with Crippen molar-refractivity contribution in [1.82, 2.24) is 9.80 Å². The average molecular weight is 394 g/mol. The van der Waals surface area contributed by atoms with Gasteiger partial charge in [-0.05, 0) is 30.0 Å². The first-order chi connectivity index (χ1) is 14.0. The van der Waals surface area contributed by atoms with Crippen molar-refractivity contribution in [2.24, 2.45) is 0 Å². The zero-order valence-corrected chi connectivity index (χ0v) is 17.7. The molecule has 29 heavy (non-hydrogen) atoms. The molecule has 0 unspecified atom stereocenters. The highest BCUT2D eigenvalue weighted by Crippen LogP contribution is 2.26. The molecule has 0 N–H and O–H groups in total. The highest BCUT2D eigenvalue weighted by atomic mass is 16.2. The van der Waals surface area contributed by atoms with Crippen LogP contribution in [0.15, 0.2) is 48.5 Å². The van der Waals surface area contributed by atoms with Crippen molar-refractivity contribution in [3.63, 3.8) is 0 Å². The molecule has 0 atom stereocenters. The molecule has 0 radical (unpaired) electrons. The second kappa shape index (κ2) is 9.70. The van der Waals surface area contributed by atoms with E-state index in [-0.39, 0.29) is 18.4 Å². The van der Waals surface area contributed by atoms with Crippen LogP contribution in [0.4, 0.5) is 5.69 Å². The lowest BCUT2D eigenvalue weighted by Gasteiger charge is -2.36. The van der Waals surface area contributed by atoms with E-state index in [0.29, 0.717) is 13.1 Å². The smallest absolute Gasteiger partial charge is 0.242 e. The summed E-state index contributed by atoms with van der Waals surface area (Å²) in [6, 6.07) is 16.4. The number of para-hydroxylation sites is 1. The number of anilines is 1. The molecule has 1 heterocycles. The van der Waals surface area contributed by atoms with E-state index in [4.69, 9.17) is 0 Å². The van der Waals surface area contributed by atoms with E-state index < -0.39 is 0 Å². The van der Waals surface area contributed by atoms with E-state index in [1.807, 2.05) is 36.1 Å². The molecule has 0 aromatic heterocycles. The Hall–Kier alpha value is -2.66. The van der Waals surface area contributed by atoms with E-state index in [1.165, 1.54) is 12.5 Å². The predicted molar refractivity (Wildman–Crippen MR) is 117 cm³/mol. The summed E-state index contributed by atoms with van der Waals surface area (Å²) in [5.41, 5.74) is 4.31. The SMILES string of the molecule is CCc1cccc(C)c1N(CC(=O)N1CCN(Cc2ccccc2)CC1)C(C)=O. The molecule has 0 spiro atoms. The first-order valence-corrected chi connectivity index (χ1v) is 10.4. The number of hydrogen-bond donors (Lipinski definition) is 0. The summed E-state index contributed by atoms with van der Waals surface area (Å²) in [4.78, 5) is 31.3. The van der Waals surface area contributed by atoms with E-state index >= 15 is 0 Å². The van der Waals surface area contributed by atoms with Crippen LogP contribution in [0.3, 0.4) is 0 Å². The Morgan fingerprint density at radius 1 is 0.966 bits per heavy atom. The van der Waals surface area contributed by atoms with Gasteiger partial charge in [-0.15, -0.1) is 0 Å². The fraction of sp³-hybridized carbons (Fsp3) is 0.417. The van der Waals surface area contributed by atoms with Crippen molar-refractivity contribution in [3.8, 4) is 0 Å². The summed E-state index contributed by atoms with van der Waals surface area (Å²) in [6.45, 7) is 9.73. The number of carbonyl (C=O) groups excluding carboxylic acids is 2. The van der Waals surface area contributed by atoms with E-state index in [9.17, 15) is 9.59 Å².